The second-order valence-corrected chi connectivity index (χ2v) is 6.19. The average Bonchev–Trinajstić information content (AvgIpc) is 2.55. The van der Waals surface area contributed by atoms with E-state index in [1.165, 1.54) is 19.3 Å². The first-order chi connectivity index (χ1) is 10.2. The van der Waals surface area contributed by atoms with Crippen molar-refractivity contribution in [2.24, 2.45) is 5.41 Å². The molecule has 114 valence electrons. The van der Waals surface area contributed by atoms with Crippen LogP contribution in [0, 0.1) is 5.41 Å². The zero-order valence-electron chi connectivity index (χ0n) is 12.6. The summed E-state index contributed by atoms with van der Waals surface area (Å²) in [7, 11) is 1.58. The van der Waals surface area contributed by atoms with Gasteiger partial charge in [0.05, 0.1) is 18.9 Å². The molecule has 0 saturated carbocycles. The van der Waals surface area contributed by atoms with Crippen LogP contribution in [0.25, 0.3) is 0 Å². The third kappa shape index (κ3) is 2.88. The topological polar surface area (TPSA) is 54.5 Å². The molecule has 1 unspecified atom stereocenters. The molecule has 1 aromatic rings. The molecule has 1 aromatic heterocycles. The zero-order valence-corrected chi connectivity index (χ0v) is 12.6. The number of piperidine rings is 2. The van der Waals surface area contributed by atoms with E-state index in [2.05, 4.69) is 10.3 Å². The number of aromatic nitrogens is 1. The third-order valence-electron chi connectivity index (χ3n) is 4.74. The minimum Gasteiger partial charge on any atom is -0.494 e. The van der Waals surface area contributed by atoms with Gasteiger partial charge in [0, 0.05) is 31.2 Å². The van der Waals surface area contributed by atoms with Gasteiger partial charge in [-0.15, -0.1) is 0 Å². The summed E-state index contributed by atoms with van der Waals surface area (Å²) in [5.41, 5.74) is 0.889. The highest BCUT2D eigenvalue weighted by Crippen LogP contribution is 2.36. The molecule has 5 heteroatoms. The van der Waals surface area contributed by atoms with Crippen LogP contribution in [0.2, 0.25) is 0 Å². The van der Waals surface area contributed by atoms with E-state index in [1.807, 2.05) is 4.90 Å². The lowest BCUT2D eigenvalue weighted by Gasteiger charge is -2.45. The number of nitrogens with zero attached hydrogens (tertiary/aromatic N) is 2. The van der Waals surface area contributed by atoms with E-state index in [0.29, 0.717) is 11.3 Å². The van der Waals surface area contributed by atoms with Crippen molar-refractivity contribution in [3.63, 3.8) is 0 Å². The third-order valence-corrected chi connectivity index (χ3v) is 4.74. The van der Waals surface area contributed by atoms with Crippen molar-refractivity contribution in [2.75, 3.05) is 33.3 Å². The fourth-order valence-corrected chi connectivity index (χ4v) is 3.65. The van der Waals surface area contributed by atoms with E-state index in [9.17, 15) is 4.79 Å². The molecule has 21 heavy (non-hydrogen) atoms. The van der Waals surface area contributed by atoms with Crippen molar-refractivity contribution in [2.45, 2.75) is 25.7 Å². The van der Waals surface area contributed by atoms with Crippen LogP contribution in [-0.4, -0.2) is 49.1 Å². The normalized spacial score (nSPS) is 25.9. The zero-order chi connectivity index (χ0) is 14.7. The Balaban J connectivity index is 1.78. The van der Waals surface area contributed by atoms with Crippen LogP contribution in [-0.2, 0) is 0 Å². The van der Waals surface area contributed by atoms with Gasteiger partial charge in [0.15, 0.2) is 0 Å². The predicted molar refractivity (Wildman–Crippen MR) is 80.5 cm³/mol. The Morgan fingerprint density at radius 2 is 2.29 bits per heavy atom. The number of nitrogens with one attached hydrogen (secondary N) is 1. The van der Waals surface area contributed by atoms with E-state index in [1.54, 1.807) is 25.6 Å². The van der Waals surface area contributed by atoms with E-state index in [4.69, 9.17) is 4.74 Å². The number of ether oxygens (including phenoxy) is 1. The second kappa shape index (κ2) is 6.02. The molecule has 2 saturated heterocycles. The Morgan fingerprint density at radius 1 is 1.43 bits per heavy atom. The summed E-state index contributed by atoms with van der Waals surface area (Å²) in [6.45, 7) is 3.83. The van der Waals surface area contributed by atoms with E-state index < -0.39 is 0 Å². The van der Waals surface area contributed by atoms with Crippen LogP contribution >= 0.6 is 0 Å². The van der Waals surface area contributed by atoms with Gasteiger partial charge < -0.3 is 15.0 Å². The first-order valence-electron chi connectivity index (χ1n) is 7.72. The van der Waals surface area contributed by atoms with Crippen molar-refractivity contribution in [3.8, 4) is 5.75 Å². The van der Waals surface area contributed by atoms with Crippen LogP contribution in [0.15, 0.2) is 18.5 Å². The molecule has 1 spiro atoms. The summed E-state index contributed by atoms with van der Waals surface area (Å²) in [6.07, 6.45) is 7.99. The van der Waals surface area contributed by atoms with E-state index >= 15 is 0 Å². The van der Waals surface area contributed by atoms with Gasteiger partial charge in [-0.2, -0.15) is 0 Å². The SMILES string of the molecule is COc1cnccc1C(=O)N1CCCC2(CCCNC2)C1. The monoisotopic (exact) mass is 289 g/mol. The number of rotatable bonds is 2. The number of methoxy groups -OCH3 is 1. The summed E-state index contributed by atoms with van der Waals surface area (Å²) in [5.74, 6) is 0.628. The minimum atomic E-state index is 0.0684. The summed E-state index contributed by atoms with van der Waals surface area (Å²) in [4.78, 5) is 18.8. The fourth-order valence-electron chi connectivity index (χ4n) is 3.65. The summed E-state index contributed by atoms with van der Waals surface area (Å²) in [6, 6.07) is 1.75. The molecule has 3 heterocycles. The van der Waals surface area contributed by atoms with Gasteiger partial charge >= 0.3 is 0 Å². The molecule has 5 nitrogen and oxygen atoms in total. The molecule has 0 aromatic carbocycles. The van der Waals surface area contributed by atoms with Crippen molar-refractivity contribution < 1.29 is 9.53 Å². The van der Waals surface area contributed by atoms with Gasteiger partial charge in [-0.1, -0.05) is 0 Å². The van der Waals surface area contributed by atoms with E-state index in [0.717, 1.165) is 32.6 Å². The van der Waals surface area contributed by atoms with Crippen molar-refractivity contribution >= 4 is 5.91 Å². The molecule has 2 aliphatic rings. The number of hydrogen-bond donors (Lipinski definition) is 1. The van der Waals surface area contributed by atoms with Crippen molar-refractivity contribution in [1.82, 2.24) is 15.2 Å². The number of hydrogen-bond acceptors (Lipinski definition) is 4. The molecule has 2 aliphatic heterocycles. The van der Waals surface area contributed by atoms with Gasteiger partial charge in [0.2, 0.25) is 0 Å². The largest absolute Gasteiger partial charge is 0.494 e. The second-order valence-electron chi connectivity index (χ2n) is 6.19. The van der Waals surface area contributed by atoms with Crippen LogP contribution in [0.3, 0.4) is 0 Å². The molecule has 1 atom stereocenters. The molecule has 1 N–H and O–H groups in total. The lowest BCUT2D eigenvalue weighted by Crippen LogP contribution is -2.52. The van der Waals surface area contributed by atoms with Crippen molar-refractivity contribution in [1.29, 1.82) is 0 Å². The highest BCUT2D eigenvalue weighted by Gasteiger charge is 2.38. The number of amides is 1. The maximum Gasteiger partial charge on any atom is 0.257 e. The van der Waals surface area contributed by atoms with Gasteiger partial charge in [0.25, 0.3) is 5.91 Å². The lowest BCUT2D eigenvalue weighted by atomic mass is 9.74. The fraction of sp³-hybridized carbons (Fsp3) is 0.625. The summed E-state index contributed by atoms with van der Waals surface area (Å²) >= 11 is 0. The molecule has 3 rings (SSSR count). The van der Waals surface area contributed by atoms with Crippen LogP contribution in [0.4, 0.5) is 0 Å². The summed E-state index contributed by atoms with van der Waals surface area (Å²) in [5, 5.41) is 3.49. The Morgan fingerprint density at radius 3 is 3.05 bits per heavy atom. The van der Waals surface area contributed by atoms with Crippen LogP contribution in [0.1, 0.15) is 36.0 Å². The Kier molecular flexibility index (Phi) is 4.10. The molecular weight excluding hydrogens is 266 g/mol. The molecule has 0 radical (unpaired) electrons. The highest BCUT2D eigenvalue weighted by atomic mass is 16.5. The summed E-state index contributed by atoms with van der Waals surface area (Å²) < 4.78 is 5.27. The average molecular weight is 289 g/mol. The molecule has 0 aliphatic carbocycles. The minimum absolute atomic E-state index is 0.0684. The maximum atomic E-state index is 12.8. The first kappa shape index (κ1) is 14.3. The molecule has 0 bridgehead atoms. The number of pyridine rings is 1. The van der Waals surface area contributed by atoms with Gasteiger partial charge in [-0.05, 0) is 38.3 Å². The lowest BCUT2D eigenvalue weighted by molar-refractivity contribution is 0.0431. The Bertz CT molecular complexity index is 506. The molecule has 1 amide bonds. The van der Waals surface area contributed by atoms with E-state index in [-0.39, 0.29) is 11.3 Å². The van der Waals surface area contributed by atoms with Gasteiger partial charge in [0.1, 0.15) is 5.75 Å². The standard InChI is InChI=1S/C16H23N3O2/c1-21-14-10-17-8-4-13(14)15(20)19-9-3-6-16(12-19)5-2-7-18-11-16/h4,8,10,18H,2-3,5-7,9,11-12H2,1H3. The Hall–Kier alpha value is -1.62. The first-order valence-corrected chi connectivity index (χ1v) is 7.72. The predicted octanol–water partition coefficient (Wildman–Crippen LogP) is 1.70. The number of carbonyl (C=O) groups excluding carboxylic acids is 1. The molecular formula is C16H23N3O2. The smallest absolute Gasteiger partial charge is 0.257 e. The quantitative estimate of drug-likeness (QED) is 0.900. The van der Waals surface area contributed by atoms with Gasteiger partial charge in [-0.3, -0.25) is 9.78 Å². The number of likely N-dealkylation sites (tertiary alicyclic amines) is 1. The van der Waals surface area contributed by atoms with Crippen LogP contribution < -0.4 is 10.1 Å². The van der Waals surface area contributed by atoms with Gasteiger partial charge in [-0.25, -0.2) is 0 Å². The maximum absolute atomic E-state index is 12.8. The Labute approximate surface area is 125 Å². The van der Waals surface area contributed by atoms with Crippen molar-refractivity contribution in [3.05, 3.63) is 24.0 Å². The number of carbonyl (C=O) groups is 1. The van der Waals surface area contributed by atoms with Crippen LogP contribution in [0.5, 0.6) is 5.75 Å². The molecule has 2 fully saturated rings. The highest BCUT2D eigenvalue weighted by molar-refractivity contribution is 5.96.